The van der Waals surface area contributed by atoms with Crippen LogP contribution in [0.2, 0.25) is 5.02 Å². The number of nitriles is 1. The summed E-state index contributed by atoms with van der Waals surface area (Å²) in [6, 6.07) is 10.6. The Morgan fingerprint density at radius 1 is 1.29 bits per heavy atom. The molecule has 7 nitrogen and oxygen atoms in total. The Balaban J connectivity index is 2.34. The minimum absolute atomic E-state index is 0.0137. The van der Waals surface area contributed by atoms with Gasteiger partial charge in [-0.1, -0.05) is 17.7 Å². The van der Waals surface area contributed by atoms with E-state index in [0.29, 0.717) is 23.7 Å². The lowest BCUT2D eigenvalue weighted by atomic mass is 10.1. The molecule has 0 atom stereocenters. The fourth-order valence-corrected chi connectivity index (χ4v) is 2.53. The van der Waals surface area contributed by atoms with E-state index in [4.69, 9.17) is 26.2 Å². The van der Waals surface area contributed by atoms with E-state index in [2.05, 4.69) is 5.32 Å². The molecule has 0 spiro atoms. The molecule has 8 heteroatoms. The molecule has 0 aromatic heterocycles. The number of rotatable bonds is 7. The molecule has 2 N–H and O–H groups in total. The highest BCUT2D eigenvalue weighted by Crippen LogP contribution is 2.34. The molecule has 0 saturated heterocycles. The van der Waals surface area contributed by atoms with Crippen LogP contribution in [0, 0.1) is 11.3 Å². The van der Waals surface area contributed by atoms with Crippen LogP contribution < -0.4 is 14.8 Å². The van der Waals surface area contributed by atoms with Gasteiger partial charge >= 0.3 is 5.97 Å². The van der Waals surface area contributed by atoms with Gasteiger partial charge in [-0.05, 0) is 42.8 Å². The van der Waals surface area contributed by atoms with Crippen molar-refractivity contribution in [3.8, 4) is 17.6 Å². The lowest BCUT2D eigenvalue weighted by Gasteiger charge is -2.11. The zero-order valence-corrected chi connectivity index (χ0v) is 15.9. The molecule has 0 bridgehead atoms. The van der Waals surface area contributed by atoms with Crippen LogP contribution in [0.1, 0.15) is 22.8 Å². The molecule has 28 heavy (non-hydrogen) atoms. The van der Waals surface area contributed by atoms with Gasteiger partial charge in [-0.25, -0.2) is 4.79 Å². The van der Waals surface area contributed by atoms with Crippen LogP contribution in [0.25, 0.3) is 6.08 Å². The monoisotopic (exact) mass is 400 g/mol. The molecule has 2 aromatic carbocycles. The smallest absolute Gasteiger partial charge is 0.335 e. The Labute approximate surface area is 166 Å². The van der Waals surface area contributed by atoms with E-state index in [1.165, 1.54) is 43.5 Å². The summed E-state index contributed by atoms with van der Waals surface area (Å²) in [6.07, 6.45) is 1.32. The van der Waals surface area contributed by atoms with Crippen molar-refractivity contribution in [3.63, 3.8) is 0 Å². The zero-order valence-electron chi connectivity index (χ0n) is 15.2. The van der Waals surface area contributed by atoms with Crippen LogP contribution in [-0.2, 0) is 4.79 Å². The maximum Gasteiger partial charge on any atom is 0.335 e. The van der Waals surface area contributed by atoms with E-state index in [1.54, 1.807) is 6.07 Å². The normalized spacial score (nSPS) is 10.7. The lowest BCUT2D eigenvalue weighted by molar-refractivity contribution is -0.112. The van der Waals surface area contributed by atoms with Gasteiger partial charge in [0, 0.05) is 11.8 Å². The van der Waals surface area contributed by atoms with E-state index < -0.39 is 11.9 Å². The minimum atomic E-state index is -1.12. The van der Waals surface area contributed by atoms with Crippen molar-refractivity contribution in [1.82, 2.24) is 0 Å². The van der Waals surface area contributed by atoms with Gasteiger partial charge in [0.2, 0.25) is 0 Å². The first-order valence-corrected chi connectivity index (χ1v) is 8.54. The molecular formula is C20H17ClN2O5. The number of halogens is 1. The number of amides is 1. The van der Waals surface area contributed by atoms with Gasteiger partial charge < -0.3 is 19.9 Å². The van der Waals surface area contributed by atoms with Crippen molar-refractivity contribution in [1.29, 1.82) is 5.26 Å². The number of carbonyl (C=O) groups excluding carboxylic acids is 1. The number of ether oxygens (including phenoxy) is 2. The number of benzene rings is 2. The molecule has 0 saturated carbocycles. The second kappa shape index (κ2) is 9.44. The predicted molar refractivity (Wildman–Crippen MR) is 105 cm³/mol. The highest BCUT2D eigenvalue weighted by Gasteiger charge is 2.14. The number of carboxylic acids is 1. The lowest BCUT2D eigenvalue weighted by Crippen LogP contribution is -2.14. The Bertz CT molecular complexity index is 979. The number of nitrogens with one attached hydrogen (secondary N) is 1. The summed E-state index contributed by atoms with van der Waals surface area (Å²) >= 11 is 6.22. The largest absolute Gasteiger partial charge is 0.493 e. The predicted octanol–water partition coefficient (Wildman–Crippen LogP) is 3.99. The van der Waals surface area contributed by atoms with E-state index in [9.17, 15) is 14.9 Å². The van der Waals surface area contributed by atoms with Crippen LogP contribution >= 0.6 is 11.6 Å². The Morgan fingerprint density at radius 2 is 2.04 bits per heavy atom. The molecule has 0 aliphatic rings. The maximum absolute atomic E-state index is 12.4. The van der Waals surface area contributed by atoms with Crippen LogP contribution in [0.5, 0.6) is 11.5 Å². The zero-order chi connectivity index (χ0) is 20.7. The van der Waals surface area contributed by atoms with Crippen molar-refractivity contribution >= 4 is 35.2 Å². The highest BCUT2D eigenvalue weighted by atomic mass is 35.5. The number of methoxy groups -OCH3 is 1. The summed E-state index contributed by atoms with van der Waals surface area (Å²) in [5.74, 6) is -0.972. The molecule has 0 aliphatic carbocycles. The number of hydrogen-bond acceptors (Lipinski definition) is 5. The van der Waals surface area contributed by atoms with Gasteiger partial charge in [-0.15, -0.1) is 0 Å². The average molecular weight is 401 g/mol. The van der Waals surface area contributed by atoms with Gasteiger partial charge in [0.25, 0.3) is 5.91 Å². The third-order valence-corrected chi connectivity index (χ3v) is 3.94. The van der Waals surface area contributed by atoms with E-state index in [0.717, 1.165) is 0 Å². The number of anilines is 1. The first-order chi connectivity index (χ1) is 13.4. The second-order valence-electron chi connectivity index (χ2n) is 5.47. The summed E-state index contributed by atoms with van der Waals surface area (Å²) in [7, 11) is 1.48. The fraction of sp³-hybridized carbons (Fsp3) is 0.150. The Hall–Kier alpha value is -3.50. The van der Waals surface area contributed by atoms with Gasteiger partial charge in [0.1, 0.15) is 11.6 Å². The van der Waals surface area contributed by atoms with Crippen LogP contribution in [0.4, 0.5) is 5.69 Å². The number of aromatic carboxylic acids is 1. The van der Waals surface area contributed by atoms with Gasteiger partial charge in [-0.2, -0.15) is 5.26 Å². The van der Waals surface area contributed by atoms with Crippen molar-refractivity contribution in [3.05, 3.63) is 58.1 Å². The highest BCUT2D eigenvalue weighted by molar-refractivity contribution is 6.32. The number of hydrogen-bond donors (Lipinski definition) is 2. The van der Waals surface area contributed by atoms with E-state index in [-0.39, 0.29) is 21.8 Å². The molecule has 0 unspecified atom stereocenters. The number of carboxylic acid groups (broad SMARTS) is 1. The topological polar surface area (TPSA) is 109 Å². The van der Waals surface area contributed by atoms with E-state index >= 15 is 0 Å². The van der Waals surface area contributed by atoms with Crippen LogP contribution in [-0.4, -0.2) is 30.7 Å². The Kier molecular flexibility index (Phi) is 7.02. The maximum atomic E-state index is 12.4. The van der Waals surface area contributed by atoms with E-state index in [1.807, 2.05) is 13.0 Å². The summed E-state index contributed by atoms with van der Waals surface area (Å²) in [6.45, 7) is 2.20. The van der Waals surface area contributed by atoms with Crippen molar-refractivity contribution in [2.75, 3.05) is 19.0 Å². The van der Waals surface area contributed by atoms with Gasteiger partial charge in [-0.3, -0.25) is 4.79 Å². The molecule has 0 aliphatic heterocycles. The third kappa shape index (κ3) is 5.02. The van der Waals surface area contributed by atoms with Gasteiger partial charge in [0.05, 0.1) is 24.3 Å². The second-order valence-corrected chi connectivity index (χ2v) is 5.87. The van der Waals surface area contributed by atoms with Crippen molar-refractivity contribution < 1.29 is 24.2 Å². The number of nitrogens with zero attached hydrogens (tertiary/aromatic N) is 1. The van der Waals surface area contributed by atoms with Crippen LogP contribution in [0.15, 0.2) is 42.0 Å². The standard InChI is InChI=1S/C20H17ClN2O5/c1-3-28-18-9-13(16(21)10-17(18)27-2)7-14(11-22)19(24)23-15-6-4-5-12(8-15)20(25)26/h4-10H,3H2,1-2H3,(H,23,24)(H,25,26)/b14-7-. The van der Waals surface area contributed by atoms with Crippen molar-refractivity contribution in [2.24, 2.45) is 0 Å². The first-order valence-electron chi connectivity index (χ1n) is 8.16. The quantitative estimate of drug-likeness (QED) is 0.537. The summed E-state index contributed by atoms with van der Waals surface area (Å²) < 4.78 is 10.7. The summed E-state index contributed by atoms with van der Waals surface area (Å²) in [5, 5.41) is 21.2. The molecule has 144 valence electrons. The molecule has 1 amide bonds. The molecule has 2 rings (SSSR count). The summed E-state index contributed by atoms with van der Waals surface area (Å²) in [5.41, 5.74) is 0.453. The van der Waals surface area contributed by atoms with Crippen molar-refractivity contribution in [2.45, 2.75) is 6.92 Å². The Morgan fingerprint density at radius 3 is 2.64 bits per heavy atom. The average Bonchev–Trinajstić information content (AvgIpc) is 2.68. The van der Waals surface area contributed by atoms with Gasteiger partial charge in [0.15, 0.2) is 11.5 Å². The molecule has 0 radical (unpaired) electrons. The SMILES string of the molecule is CCOc1cc(/C=C(/C#N)C(=O)Nc2cccc(C(=O)O)c2)c(Cl)cc1OC. The first kappa shape index (κ1) is 20.8. The summed E-state index contributed by atoms with van der Waals surface area (Å²) in [4.78, 5) is 23.5. The molecular weight excluding hydrogens is 384 g/mol. The minimum Gasteiger partial charge on any atom is -0.493 e. The van der Waals surface area contributed by atoms with Crippen LogP contribution in [0.3, 0.4) is 0 Å². The molecule has 0 heterocycles. The fourth-order valence-electron chi connectivity index (χ4n) is 2.32. The third-order valence-electron chi connectivity index (χ3n) is 3.62. The molecule has 0 fully saturated rings. The number of carbonyl (C=O) groups is 2. The molecule has 2 aromatic rings.